The van der Waals surface area contributed by atoms with Crippen LogP contribution in [-0.4, -0.2) is 17.8 Å². The van der Waals surface area contributed by atoms with Gasteiger partial charge < -0.3 is 9.47 Å². The lowest BCUT2D eigenvalue weighted by atomic mass is 9.97. The average molecular weight is 397 g/mol. The Balaban J connectivity index is 1.59. The minimum atomic E-state index is -0.285. The zero-order valence-corrected chi connectivity index (χ0v) is 16.2. The topological polar surface area (TPSA) is 34.1 Å². The van der Waals surface area contributed by atoms with Crippen LogP contribution in [-0.2, 0) is 0 Å². The van der Waals surface area contributed by atoms with Crippen molar-refractivity contribution in [3.63, 3.8) is 0 Å². The Bertz CT molecular complexity index is 1000. The summed E-state index contributed by atoms with van der Waals surface area (Å²) in [5, 5.41) is 9.80. The van der Waals surface area contributed by atoms with Gasteiger partial charge in [0.05, 0.1) is 23.7 Å². The molecule has 2 aliphatic heterocycles. The molecule has 0 fully saturated rings. The molecule has 2 aliphatic rings. The van der Waals surface area contributed by atoms with Gasteiger partial charge in [-0.25, -0.2) is 5.01 Å². The fourth-order valence-electron chi connectivity index (χ4n) is 3.64. The number of rotatable bonds is 3. The number of hydrazone groups is 1. The molecule has 4 nitrogen and oxygen atoms in total. The highest BCUT2D eigenvalue weighted by Gasteiger charge is 2.41. The molecule has 0 radical (unpaired) electrons. The summed E-state index contributed by atoms with van der Waals surface area (Å²) < 4.78 is 11.6. The lowest BCUT2D eigenvalue weighted by Gasteiger charge is -2.38. The van der Waals surface area contributed by atoms with Crippen molar-refractivity contribution in [2.75, 3.05) is 7.11 Å². The first-order valence-electron chi connectivity index (χ1n) is 8.72. The van der Waals surface area contributed by atoms with Crippen molar-refractivity contribution in [3.05, 3.63) is 81.0 Å². The maximum Gasteiger partial charge on any atom is 0.213 e. The first-order chi connectivity index (χ1) is 13.2. The van der Waals surface area contributed by atoms with E-state index in [4.69, 9.17) is 26.2 Å². The molecule has 0 N–H and O–H groups in total. The highest BCUT2D eigenvalue weighted by atomic mass is 35.5. The van der Waals surface area contributed by atoms with E-state index in [9.17, 15) is 0 Å². The van der Waals surface area contributed by atoms with Gasteiger partial charge in [-0.1, -0.05) is 17.7 Å². The molecule has 5 rings (SSSR count). The number of ether oxygens (including phenoxy) is 2. The Morgan fingerprint density at radius 2 is 2.04 bits per heavy atom. The third-order valence-electron chi connectivity index (χ3n) is 4.96. The van der Waals surface area contributed by atoms with Crippen LogP contribution < -0.4 is 9.47 Å². The van der Waals surface area contributed by atoms with E-state index in [1.165, 1.54) is 4.88 Å². The van der Waals surface area contributed by atoms with Gasteiger partial charge in [0.2, 0.25) is 6.23 Å². The minimum absolute atomic E-state index is 0.108. The number of hydrogen-bond donors (Lipinski definition) is 0. The molecule has 1 aromatic heterocycles. The third-order valence-corrected chi connectivity index (χ3v) is 6.11. The van der Waals surface area contributed by atoms with E-state index in [0.29, 0.717) is 5.02 Å². The van der Waals surface area contributed by atoms with Crippen molar-refractivity contribution in [1.29, 1.82) is 0 Å². The fraction of sp³-hybridized carbons (Fsp3) is 0.190. The molecule has 0 unspecified atom stereocenters. The van der Waals surface area contributed by atoms with Gasteiger partial charge >= 0.3 is 0 Å². The number of hydrogen-bond acceptors (Lipinski definition) is 5. The summed E-state index contributed by atoms with van der Waals surface area (Å²) in [6, 6.07) is 18.1. The molecule has 0 aliphatic carbocycles. The van der Waals surface area contributed by atoms with Crippen molar-refractivity contribution in [1.82, 2.24) is 5.01 Å². The summed E-state index contributed by atoms with van der Waals surface area (Å²) in [5.74, 6) is 1.69. The molecular formula is C21H17ClN2O2S. The Labute approximate surface area is 166 Å². The van der Waals surface area contributed by atoms with Gasteiger partial charge in [0.25, 0.3) is 0 Å². The maximum atomic E-state index is 6.35. The smallest absolute Gasteiger partial charge is 0.213 e. The molecule has 2 atom stereocenters. The molecule has 0 amide bonds. The summed E-state index contributed by atoms with van der Waals surface area (Å²) in [6.07, 6.45) is 0.552. The zero-order chi connectivity index (χ0) is 18.4. The summed E-state index contributed by atoms with van der Waals surface area (Å²) >= 11 is 7.98. The highest BCUT2D eigenvalue weighted by Crippen LogP contribution is 2.48. The number of fused-ring (bicyclic) bond motifs is 3. The Morgan fingerprint density at radius 1 is 1.19 bits per heavy atom. The van der Waals surface area contributed by atoms with Crippen LogP contribution in [0.25, 0.3) is 0 Å². The largest absolute Gasteiger partial charge is 0.497 e. The fourth-order valence-corrected chi connectivity index (χ4v) is 4.54. The second-order valence-corrected chi connectivity index (χ2v) is 7.93. The highest BCUT2D eigenvalue weighted by molar-refractivity contribution is 7.12. The summed E-state index contributed by atoms with van der Waals surface area (Å²) in [7, 11) is 1.67. The van der Waals surface area contributed by atoms with Crippen molar-refractivity contribution < 1.29 is 9.47 Å². The molecular weight excluding hydrogens is 380 g/mol. The third kappa shape index (κ3) is 2.87. The molecule has 0 spiro atoms. The van der Waals surface area contributed by atoms with Crippen molar-refractivity contribution in [2.24, 2.45) is 5.10 Å². The van der Waals surface area contributed by atoms with Gasteiger partial charge in [0, 0.05) is 22.6 Å². The molecule has 0 bridgehead atoms. The van der Waals surface area contributed by atoms with Crippen LogP contribution in [0, 0.1) is 0 Å². The normalized spacial score (nSPS) is 20.5. The molecule has 6 heteroatoms. The lowest BCUT2D eigenvalue weighted by Crippen LogP contribution is -2.33. The van der Waals surface area contributed by atoms with Crippen LogP contribution >= 0.6 is 22.9 Å². The van der Waals surface area contributed by atoms with E-state index in [-0.39, 0.29) is 12.3 Å². The van der Waals surface area contributed by atoms with Crippen LogP contribution in [0.15, 0.2) is 65.1 Å². The van der Waals surface area contributed by atoms with Gasteiger partial charge in [-0.05, 0) is 53.9 Å². The maximum absolute atomic E-state index is 6.35. The van der Waals surface area contributed by atoms with Crippen molar-refractivity contribution in [3.8, 4) is 11.5 Å². The summed E-state index contributed by atoms with van der Waals surface area (Å²) in [6.45, 7) is 0. The van der Waals surface area contributed by atoms with Gasteiger partial charge in [-0.15, -0.1) is 11.3 Å². The standard InChI is InChI=1S/C21H17ClN2O2S/c1-25-15-7-4-13(5-8-15)21-24-18(12-17(23-24)20-3-2-10-27-20)16-11-14(22)6-9-19(16)26-21/h2-11,18,21H,12H2,1H3/t18-,21-/m0/s1. The Kier molecular flexibility index (Phi) is 4.06. The quantitative estimate of drug-likeness (QED) is 0.573. The van der Waals surface area contributed by atoms with E-state index < -0.39 is 0 Å². The first-order valence-corrected chi connectivity index (χ1v) is 9.98. The molecule has 2 aromatic carbocycles. The number of benzene rings is 2. The van der Waals surface area contributed by atoms with E-state index in [2.05, 4.69) is 22.5 Å². The van der Waals surface area contributed by atoms with Gasteiger partial charge in [-0.3, -0.25) is 0 Å². The van der Waals surface area contributed by atoms with Crippen molar-refractivity contribution in [2.45, 2.75) is 18.7 Å². The minimum Gasteiger partial charge on any atom is -0.497 e. The van der Waals surface area contributed by atoms with Gasteiger partial charge in [0.15, 0.2) is 0 Å². The predicted octanol–water partition coefficient (Wildman–Crippen LogP) is 5.65. The van der Waals surface area contributed by atoms with E-state index in [1.54, 1.807) is 18.4 Å². The molecule has 0 saturated heterocycles. The van der Waals surface area contributed by atoms with Crippen LogP contribution in [0.2, 0.25) is 5.02 Å². The van der Waals surface area contributed by atoms with E-state index >= 15 is 0 Å². The Hall–Kier alpha value is -2.50. The molecule has 3 aromatic rings. The van der Waals surface area contributed by atoms with E-state index in [1.807, 2.05) is 42.5 Å². The number of nitrogens with zero attached hydrogens (tertiary/aromatic N) is 2. The predicted molar refractivity (Wildman–Crippen MR) is 108 cm³/mol. The lowest BCUT2D eigenvalue weighted by molar-refractivity contribution is -0.0190. The summed E-state index contributed by atoms with van der Waals surface area (Å²) in [4.78, 5) is 1.20. The second-order valence-electron chi connectivity index (χ2n) is 6.55. The van der Waals surface area contributed by atoms with E-state index in [0.717, 1.165) is 34.8 Å². The van der Waals surface area contributed by atoms with Gasteiger partial charge in [0.1, 0.15) is 11.5 Å². The van der Waals surface area contributed by atoms with Crippen LogP contribution in [0.3, 0.4) is 0 Å². The van der Waals surface area contributed by atoms with Crippen molar-refractivity contribution >= 4 is 28.6 Å². The number of thiophene rings is 1. The molecule has 136 valence electrons. The zero-order valence-electron chi connectivity index (χ0n) is 14.6. The van der Waals surface area contributed by atoms with Gasteiger partial charge in [-0.2, -0.15) is 5.10 Å². The SMILES string of the molecule is COc1ccc([C@@H]2Oc3ccc(Cl)cc3[C@@H]3CC(c4cccs4)=NN32)cc1. The Morgan fingerprint density at radius 3 is 2.78 bits per heavy atom. The number of methoxy groups -OCH3 is 1. The second kappa shape index (κ2) is 6.59. The average Bonchev–Trinajstić information content (AvgIpc) is 3.37. The van der Waals surface area contributed by atoms with Crippen LogP contribution in [0.4, 0.5) is 0 Å². The first kappa shape index (κ1) is 16.7. The number of halogens is 1. The molecule has 27 heavy (non-hydrogen) atoms. The molecule has 3 heterocycles. The van der Waals surface area contributed by atoms with Crippen LogP contribution in [0.1, 0.15) is 34.7 Å². The van der Waals surface area contributed by atoms with Crippen LogP contribution in [0.5, 0.6) is 11.5 Å². The monoisotopic (exact) mass is 396 g/mol. The summed E-state index contributed by atoms with van der Waals surface area (Å²) in [5.41, 5.74) is 3.21. The molecule has 0 saturated carbocycles.